The molecule has 1 N–H and O–H groups in total. The quantitative estimate of drug-likeness (QED) is 0.288. The number of nitrogens with one attached hydrogen (secondary N) is 1. The lowest BCUT2D eigenvalue weighted by Gasteiger charge is -2.19. The number of hydrazone groups is 1. The van der Waals surface area contributed by atoms with Crippen molar-refractivity contribution < 1.29 is 13.2 Å². The second-order valence-corrected chi connectivity index (χ2v) is 11.7. The van der Waals surface area contributed by atoms with Crippen LogP contribution in [-0.4, -0.2) is 20.5 Å². The van der Waals surface area contributed by atoms with Gasteiger partial charge in [-0.2, -0.15) is 5.10 Å². The van der Waals surface area contributed by atoms with E-state index in [4.69, 9.17) is 0 Å². The summed E-state index contributed by atoms with van der Waals surface area (Å²) in [5.41, 5.74) is 6.64. The Kier molecular flexibility index (Phi) is 5.88. The Morgan fingerprint density at radius 1 is 0.917 bits per heavy atom. The SMILES string of the molecule is CC(C)(C)c1ccc(/C=N/NC(=O)c2ccc(CN3c4cccc5cccc(c45)S3(=O)=O)cc2)cc1. The van der Waals surface area contributed by atoms with Crippen molar-refractivity contribution in [2.75, 3.05) is 4.31 Å². The molecule has 0 atom stereocenters. The van der Waals surface area contributed by atoms with Gasteiger partial charge in [-0.3, -0.25) is 9.10 Å². The summed E-state index contributed by atoms with van der Waals surface area (Å²) < 4.78 is 27.8. The maximum Gasteiger partial charge on any atom is 0.271 e. The highest BCUT2D eigenvalue weighted by Crippen LogP contribution is 2.42. The summed E-state index contributed by atoms with van der Waals surface area (Å²) in [4.78, 5) is 12.9. The van der Waals surface area contributed by atoms with Gasteiger partial charge in [0.2, 0.25) is 0 Å². The predicted octanol–water partition coefficient (Wildman–Crippen LogP) is 5.61. The molecule has 1 aliphatic heterocycles. The van der Waals surface area contributed by atoms with Crippen LogP contribution in [0, 0.1) is 0 Å². The summed E-state index contributed by atoms with van der Waals surface area (Å²) >= 11 is 0. The number of carbonyl (C=O) groups is 1. The van der Waals surface area contributed by atoms with Gasteiger partial charge >= 0.3 is 0 Å². The normalized spacial score (nSPS) is 14.5. The highest BCUT2D eigenvalue weighted by atomic mass is 32.2. The monoisotopic (exact) mass is 497 g/mol. The number of sulfonamides is 1. The number of benzene rings is 4. The molecule has 1 amide bonds. The highest BCUT2D eigenvalue weighted by Gasteiger charge is 2.35. The third kappa shape index (κ3) is 4.38. The van der Waals surface area contributed by atoms with Crippen molar-refractivity contribution in [2.45, 2.75) is 37.6 Å². The van der Waals surface area contributed by atoms with E-state index in [2.05, 4.69) is 43.4 Å². The van der Waals surface area contributed by atoms with Crippen molar-refractivity contribution in [1.82, 2.24) is 5.43 Å². The molecule has 0 spiro atoms. The lowest BCUT2D eigenvalue weighted by Crippen LogP contribution is -2.26. The molecule has 4 aromatic rings. The molecule has 0 aromatic heterocycles. The first-order valence-corrected chi connectivity index (χ1v) is 13.2. The van der Waals surface area contributed by atoms with Crippen molar-refractivity contribution in [2.24, 2.45) is 5.10 Å². The number of rotatable bonds is 5. The molecule has 0 saturated carbocycles. The lowest BCUT2D eigenvalue weighted by atomic mass is 9.87. The van der Waals surface area contributed by atoms with E-state index in [1.807, 2.05) is 36.4 Å². The molecule has 1 aliphatic rings. The first-order valence-electron chi connectivity index (χ1n) is 11.7. The van der Waals surface area contributed by atoms with Gasteiger partial charge in [-0.1, -0.05) is 81.4 Å². The van der Waals surface area contributed by atoms with Crippen LogP contribution in [0.1, 0.15) is 47.8 Å². The summed E-state index contributed by atoms with van der Waals surface area (Å²) in [6, 6.07) is 25.9. The van der Waals surface area contributed by atoms with Gasteiger partial charge in [-0.15, -0.1) is 0 Å². The van der Waals surface area contributed by atoms with Gasteiger partial charge in [0.25, 0.3) is 15.9 Å². The molecule has 36 heavy (non-hydrogen) atoms. The Morgan fingerprint density at radius 2 is 1.58 bits per heavy atom. The van der Waals surface area contributed by atoms with Crippen LogP contribution < -0.4 is 9.73 Å². The summed E-state index contributed by atoms with van der Waals surface area (Å²) in [6.07, 6.45) is 1.61. The van der Waals surface area contributed by atoms with Crippen molar-refractivity contribution in [3.05, 3.63) is 107 Å². The Balaban J connectivity index is 1.26. The molecule has 0 fully saturated rings. The third-order valence-electron chi connectivity index (χ3n) is 6.38. The molecule has 182 valence electrons. The largest absolute Gasteiger partial charge is 0.271 e. The van der Waals surface area contributed by atoms with E-state index >= 15 is 0 Å². The van der Waals surface area contributed by atoms with Gasteiger partial charge in [0, 0.05) is 10.9 Å². The lowest BCUT2D eigenvalue weighted by molar-refractivity contribution is 0.0955. The summed E-state index contributed by atoms with van der Waals surface area (Å²) in [7, 11) is -3.64. The average Bonchev–Trinajstić information content (AvgIpc) is 3.07. The number of anilines is 1. The smallest absolute Gasteiger partial charge is 0.267 e. The molecule has 4 aromatic carbocycles. The molecule has 0 saturated heterocycles. The number of hydrogen-bond acceptors (Lipinski definition) is 4. The molecule has 1 heterocycles. The zero-order chi connectivity index (χ0) is 25.5. The molecule has 0 radical (unpaired) electrons. The number of nitrogens with zero attached hydrogens (tertiary/aromatic N) is 2. The van der Waals surface area contributed by atoms with Crippen LogP contribution in [-0.2, 0) is 22.0 Å². The van der Waals surface area contributed by atoms with Crippen LogP contribution in [0.15, 0.2) is 94.9 Å². The minimum Gasteiger partial charge on any atom is -0.267 e. The maximum atomic E-state index is 13.2. The van der Waals surface area contributed by atoms with Crippen molar-refractivity contribution in [1.29, 1.82) is 0 Å². The van der Waals surface area contributed by atoms with E-state index < -0.39 is 10.0 Å². The third-order valence-corrected chi connectivity index (χ3v) is 8.18. The second kappa shape index (κ2) is 8.91. The minimum absolute atomic E-state index is 0.0757. The van der Waals surface area contributed by atoms with Gasteiger partial charge in [0.05, 0.1) is 23.3 Å². The summed E-state index contributed by atoms with van der Waals surface area (Å²) in [5.74, 6) is -0.338. The molecule has 6 nitrogen and oxygen atoms in total. The zero-order valence-corrected chi connectivity index (χ0v) is 21.2. The van der Waals surface area contributed by atoms with Crippen LogP contribution in [0.5, 0.6) is 0 Å². The fourth-order valence-electron chi connectivity index (χ4n) is 4.36. The van der Waals surface area contributed by atoms with E-state index in [0.29, 0.717) is 16.1 Å². The van der Waals surface area contributed by atoms with E-state index in [9.17, 15) is 13.2 Å². The van der Waals surface area contributed by atoms with Gasteiger partial charge in [0.1, 0.15) is 0 Å². The highest BCUT2D eigenvalue weighted by molar-refractivity contribution is 7.93. The fourth-order valence-corrected chi connectivity index (χ4v) is 6.05. The Hall–Kier alpha value is -3.97. The molecule has 5 rings (SSSR count). The zero-order valence-electron chi connectivity index (χ0n) is 20.4. The van der Waals surface area contributed by atoms with Crippen molar-refractivity contribution in [3.63, 3.8) is 0 Å². The Bertz CT molecular complexity index is 1580. The standard InChI is InChI=1S/C29H27N3O3S/c1-29(2,3)24-16-12-20(13-17-24)18-30-31-28(33)23-14-10-21(11-15-23)19-32-25-8-4-6-22-7-5-9-26(27(22)25)36(32,34)35/h4-18H,19H2,1-3H3,(H,31,33)/b30-18+. The van der Waals surface area contributed by atoms with Crippen molar-refractivity contribution in [3.8, 4) is 0 Å². The molecule has 7 heteroatoms. The van der Waals surface area contributed by atoms with E-state index in [1.165, 1.54) is 9.87 Å². The van der Waals surface area contributed by atoms with Crippen LogP contribution in [0.25, 0.3) is 10.8 Å². The van der Waals surface area contributed by atoms with Crippen LogP contribution in [0.4, 0.5) is 5.69 Å². The first kappa shape index (κ1) is 23.8. The topological polar surface area (TPSA) is 78.8 Å². The Labute approximate surface area is 211 Å². The predicted molar refractivity (Wildman–Crippen MR) is 144 cm³/mol. The minimum atomic E-state index is -3.64. The molecule has 0 bridgehead atoms. The molecular weight excluding hydrogens is 470 g/mol. The Morgan fingerprint density at radius 3 is 2.25 bits per heavy atom. The van der Waals surface area contributed by atoms with Gasteiger partial charge in [0.15, 0.2) is 0 Å². The van der Waals surface area contributed by atoms with Crippen LogP contribution in [0.3, 0.4) is 0 Å². The van der Waals surface area contributed by atoms with Gasteiger partial charge < -0.3 is 0 Å². The maximum absolute atomic E-state index is 13.2. The van der Waals surface area contributed by atoms with Gasteiger partial charge in [-0.25, -0.2) is 13.8 Å². The molecule has 0 aliphatic carbocycles. The summed E-state index contributed by atoms with van der Waals surface area (Å²) in [6.45, 7) is 6.65. The van der Waals surface area contributed by atoms with Crippen LogP contribution in [0.2, 0.25) is 0 Å². The van der Waals surface area contributed by atoms with Gasteiger partial charge in [-0.05, 0) is 51.8 Å². The number of carbonyl (C=O) groups excluding carboxylic acids is 1. The molecule has 0 unspecified atom stereocenters. The number of amides is 1. The molecular formula is C29H27N3O3S. The first-order chi connectivity index (χ1) is 17.1. The van der Waals surface area contributed by atoms with E-state index in [1.54, 1.807) is 42.6 Å². The van der Waals surface area contributed by atoms with Crippen molar-refractivity contribution >= 4 is 38.6 Å². The number of hydrogen-bond donors (Lipinski definition) is 1. The van der Waals surface area contributed by atoms with E-state index in [0.717, 1.165) is 21.9 Å². The average molecular weight is 498 g/mol. The van der Waals surface area contributed by atoms with E-state index in [-0.39, 0.29) is 17.9 Å². The summed E-state index contributed by atoms with van der Waals surface area (Å²) in [5, 5.41) is 5.72. The second-order valence-electron chi connectivity index (χ2n) is 9.91. The fraction of sp³-hybridized carbons (Fsp3) is 0.172. The van der Waals surface area contributed by atoms with Crippen LogP contribution >= 0.6 is 0 Å².